The number of fused-ring (bicyclic) bond motifs is 1. The molecule has 1 amide bonds. The second-order valence-corrected chi connectivity index (χ2v) is 7.73. The molecular weight excluding hydrogens is 335 g/mol. The van der Waals surface area contributed by atoms with Gasteiger partial charge in [-0.3, -0.25) is 9.69 Å². The molecule has 3 fully saturated rings. The van der Waals surface area contributed by atoms with Crippen molar-refractivity contribution in [2.45, 2.75) is 37.9 Å². The molecule has 3 aliphatic rings. The van der Waals surface area contributed by atoms with Gasteiger partial charge in [0, 0.05) is 44.4 Å². The Hall–Kier alpha value is -1.66. The lowest BCUT2D eigenvalue weighted by molar-refractivity contribution is -0.121. The number of nitrogens with zero attached hydrogens (tertiary/aromatic N) is 1. The molecule has 1 spiro atoms. The van der Waals surface area contributed by atoms with E-state index in [1.165, 1.54) is 12.1 Å². The van der Waals surface area contributed by atoms with Crippen molar-refractivity contribution in [2.24, 2.45) is 11.8 Å². The normalized spacial score (nSPS) is 32.6. The van der Waals surface area contributed by atoms with Gasteiger partial charge in [-0.05, 0) is 37.1 Å². The molecule has 0 aromatic heterocycles. The highest BCUT2D eigenvalue weighted by atomic mass is 19.1. The van der Waals surface area contributed by atoms with E-state index < -0.39 is 0 Å². The van der Waals surface area contributed by atoms with Gasteiger partial charge in [-0.1, -0.05) is 6.92 Å². The Morgan fingerprint density at radius 2 is 2.23 bits per heavy atom. The monoisotopic (exact) mass is 362 g/mol. The summed E-state index contributed by atoms with van der Waals surface area (Å²) < 4.78 is 25.1. The Morgan fingerprint density at radius 1 is 1.42 bits per heavy atom. The molecule has 4 rings (SSSR count). The molecule has 1 N–H and O–H groups in total. The number of amides is 1. The van der Waals surface area contributed by atoms with Gasteiger partial charge in [-0.25, -0.2) is 4.39 Å². The number of ether oxygens (including phenoxy) is 2. The Bertz CT molecular complexity index is 653. The molecule has 3 aliphatic heterocycles. The van der Waals surface area contributed by atoms with Crippen molar-refractivity contribution in [3.8, 4) is 5.75 Å². The van der Waals surface area contributed by atoms with E-state index in [1.807, 2.05) is 6.92 Å². The number of carbonyl (C=O) groups is 1. The Morgan fingerprint density at radius 3 is 3.00 bits per heavy atom. The average Bonchev–Trinajstić information content (AvgIpc) is 3.29. The van der Waals surface area contributed by atoms with Crippen LogP contribution in [0.25, 0.3) is 0 Å². The van der Waals surface area contributed by atoms with Crippen LogP contribution in [-0.2, 0) is 9.53 Å². The number of hydrogen-bond donors (Lipinski definition) is 1. The van der Waals surface area contributed by atoms with Crippen LogP contribution >= 0.6 is 0 Å². The summed E-state index contributed by atoms with van der Waals surface area (Å²) in [6.07, 6.45) is 3.05. The van der Waals surface area contributed by atoms with Crippen molar-refractivity contribution >= 4 is 5.91 Å². The first kappa shape index (κ1) is 17.7. The molecule has 4 atom stereocenters. The minimum atomic E-state index is -0.252. The molecule has 0 unspecified atom stereocenters. The molecule has 0 saturated carbocycles. The van der Waals surface area contributed by atoms with Crippen LogP contribution in [0.3, 0.4) is 0 Å². The minimum Gasteiger partial charge on any atom is -0.492 e. The van der Waals surface area contributed by atoms with Crippen molar-refractivity contribution in [1.82, 2.24) is 10.2 Å². The van der Waals surface area contributed by atoms with E-state index in [-0.39, 0.29) is 17.3 Å². The van der Waals surface area contributed by atoms with Crippen LogP contribution in [0.4, 0.5) is 4.39 Å². The second-order valence-electron chi connectivity index (χ2n) is 7.73. The first-order valence-corrected chi connectivity index (χ1v) is 9.65. The summed E-state index contributed by atoms with van der Waals surface area (Å²) in [6.45, 7) is 5.96. The number of nitrogens with one attached hydrogen (secondary N) is 1. The number of rotatable bonds is 7. The lowest BCUT2D eigenvalue weighted by atomic mass is 9.73. The quantitative estimate of drug-likeness (QED) is 0.808. The third-order valence-electron chi connectivity index (χ3n) is 6.20. The Labute approximate surface area is 153 Å². The third-order valence-corrected chi connectivity index (χ3v) is 6.20. The highest BCUT2D eigenvalue weighted by Crippen LogP contribution is 2.54. The molecular formula is C20H27FN2O3. The number of halogens is 1. The van der Waals surface area contributed by atoms with E-state index >= 15 is 0 Å². The predicted octanol–water partition coefficient (Wildman–Crippen LogP) is 2.21. The molecule has 26 heavy (non-hydrogen) atoms. The molecule has 3 saturated heterocycles. The van der Waals surface area contributed by atoms with Crippen molar-refractivity contribution in [1.29, 1.82) is 0 Å². The van der Waals surface area contributed by atoms with Crippen LogP contribution in [0.5, 0.6) is 5.75 Å². The Balaban J connectivity index is 1.30. The van der Waals surface area contributed by atoms with Crippen LogP contribution in [-0.4, -0.2) is 55.3 Å². The maximum atomic E-state index is 12.9. The van der Waals surface area contributed by atoms with Crippen LogP contribution in [0.1, 0.15) is 26.2 Å². The molecule has 5 nitrogen and oxygen atoms in total. The molecule has 6 heteroatoms. The molecule has 142 valence electrons. The van der Waals surface area contributed by atoms with Crippen LogP contribution in [0, 0.1) is 17.7 Å². The van der Waals surface area contributed by atoms with Gasteiger partial charge < -0.3 is 14.8 Å². The van der Waals surface area contributed by atoms with Gasteiger partial charge in [0.1, 0.15) is 18.2 Å². The van der Waals surface area contributed by atoms with Gasteiger partial charge in [0.05, 0.1) is 11.7 Å². The fraction of sp³-hybridized carbons (Fsp3) is 0.650. The second kappa shape index (κ2) is 7.16. The summed E-state index contributed by atoms with van der Waals surface area (Å²) in [5.41, 5.74) is -0.0256. The van der Waals surface area contributed by atoms with E-state index in [9.17, 15) is 9.18 Å². The Kier molecular flexibility index (Phi) is 4.88. The van der Waals surface area contributed by atoms with E-state index in [1.54, 1.807) is 12.1 Å². The first-order valence-electron chi connectivity index (χ1n) is 9.65. The molecule has 2 bridgehead atoms. The highest BCUT2D eigenvalue weighted by Gasteiger charge is 2.62. The zero-order valence-corrected chi connectivity index (χ0v) is 15.2. The van der Waals surface area contributed by atoms with Crippen LogP contribution in [0.15, 0.2) is 24.3 Å². The molecule has 0 aliphatic carbocycles. The molecule has 0 radical (unpaired) electrons. The van der Waals surface area contributed by atoms with E-state index in [0.29, 0.717) is 36.7 Å². The van der Waals surface area contributed by atoms with Gasteiger partial charge in [-0.2, -0.15) is 0 Å². The smallest absolute Gasteiger partial charge is 0.219 e. The minimum absolute atomic E-state index is 0.0256. The SMILES string of the molecule is CCC(=O)NC[C@H]1[C@H]2CN(CCOc3ccc(F)cc3)C[C@]23CC[C@H]1O3. The fourth-order valence-corrected chi connectivity index (χ4v) is 4.91. The van der Waals surface area contributed by atoms with Crippen molar-refractivity contribution < 1.29 is 18.7 Å². The van der Waals surface area contributed by atoms with Crippen molar-refractivity contribution in [3.63, 3.8) is 0 Å². The highest BCUT2D eigenvalue weighted by molar-refractivity contribution is 5.75. The summed E-state index contributed by atoms with van der Waals surface area (Å²) in [5.74, 6) is 1.47. The number of likely N-dealkylation sites (tertiary alicyclic amines) is 1. The maximum absolute atomic E-state index is 12.9. The number of benzene rings is 1. The molecule has 1 aromatic rings. The largest absolute Gasteiger partial charge is 0.492 e. The number of carbonyl (C=O) groups excluding carboxylic acids is 1. The van der Waals surface area contributed by atoms with Crippen molar-refractivity contribution in [3.05, 3.63) is 30.1 Å². The number of hydrogen-bond acceptors (Lipinski definition) is 4. The van der Waals surface area contributed by atoms with Gasteiger partial charge in [0.25, 0.3) is 0 Å². The zero-order valence-electron chi connectivity index (χ0n) is 15.2. The third kappa shape index (κ3) is 3.32. The summed E-state index contributed by atoms with van der Waals surface area (Å²) in [7, 11) is 0. The topological polar surface area (TPSA) is 50.8 Å². The van der Waals surface area contributed by atoms with E-state index in [4.69, 9.17) is 9.47 Å². The summed E-state index contributed by atoms with van der Waals surface area (Å²) >= 11 is 0. The zero-order chi connectivity index (χ0) is 18.1. The van der Waals surface area contributed by atoms with E-state index in [2.05, 4.69) is 10.2 Å². The average molecular weight is 362 g/mol. The van der Waals surface area contributed by atoms with Gasteiger partial charge >= 0.3 is 0 Å². The van der Waals surface area contributed by atoms with Crippen LogP contribution < -0.4 is 10.1 Å². The molecule has 3 heterocycles. The lowest BCUT2D eigenvalue weighted by Crippen LogP contribution is -2.41. The molecule has 1 aromatic carbocycles. The first-order chi connectivity index (χ1) is 12.6. The summed E-state index contributed by atoms with van der Waals surface area (Å²) in [4.78, 5) is 14.0. The van der Waals surface area contributed by atoms with Crippen LogP contribution in [0.2, 0.25) is 0 Å². The van der Waals surface area contributed by atoms with Gasteiger partial charge in [0.15, 0.2) is 0 Å². The fourth-order valence-electron chi connectivity index (χ4n) is 4.91. The summed E-state index contributed by atoms with van der Waals surface area (Å²) in [6, 6.07) is 6.14. The van der Waals surface area contributed by atoms with E-state index in [0.717, 1.165) is 39.0 Å². The standard InChI is InChI=1S/C20H27FN2O3/c1-2-19(24)22-11-16-17-12-23(13-20(17)8-7-18(16)26-20)9-10-25-15-5-3-14(21)4-6-15/h3-6,16-18H,2,7-13H2,1H3,(H,22,24)/t16-,17+,18+,20+/m0/s1. The van der Waals surface area contributed by atoms with Crippen molar-refractivity contribution in [2.75, 3.05) is 32.8 Å². The van der Waals surface area contributed by atoms with Gasteiger partial charge in [0.2, 0.25) is 5.91 Å². The lowest BCUT2D eigenvalue weighted by Gasteiger charge is -2.29. The van der Waals surface area contributed by atoms with Gasteiger partial charge in [-0.15, -0.1) is 0 Å². The maximum Gasteiger partial charge on any atom is 0.219 e. The predicted molar refractivity (Wildman–Crippen MR) is 95.5 cm³/mol. The summed E-state index contributed by atoms with van der Waals surface area (Å²) in [5, 5.41) is 3.06.